The number of ether oxygens (including phenoxy) is 3. The molecule has 0 spiro atoms. The van der Waals surface area contributed by atoms with Crippen molar-refractivity contribution >= 4 is 12.0 Å². The summed E-state index contributed by atoms with van der Waals surface area (Å²) in [6.45, 7) is 3.07. The Morgan fingerprint density at radius 2 is 1.90 bits per heavy atom. The Kier molecular flexibility index (Phi) is 8.16. The van der Waals surface area contributed by atoms with E-state index in [4.69, 9.17) is 14.2 Å². The summed E-state index contributed by atoms with van der Waals surface area (Å²) in [6.07, 6.45) is 3.77. The first-order valence-corrected chi connectivity index (χ1v) is 6.94. The maximum atomic E-state index is 11.6. The highest BCUT2D eigenvalue weighted by molar-refractivity contribution is 5.91. The van der Waals surface area contributed by atoms with E-state index in [0.717, 1.165) is 17.7 Å². The molecule has 1 rings (SSSR count). The fraction of sp³-hybridized carbons (Fsp3) is 0.438. The van der Waals surface area contributed by atoms with Gasteiger partial charge in [-0.15, -0.1) is 0 Å². The van der Waals surface area contributed by atoms with Crippen LogP contribution < -0.4 is 10.1 Å². The van der Waals surface area contributed by atoms with E-state index in [2.05, 4.69) is 12.2 Å². The van der Waals surface area contributed by atoms with Gasteiger partial charge in [-0.2, -0.15) is 0 Å². The van der Waals surface area contributed by atoms with Crippen LogP contribution in [0, 0.1) is 0 Å². The summed E-state index contributed by atoms with van der Waals surface area (Å²) >= 11 is 0. The van der Waals surface area contributed by atoms with Crippen molar-refractivity contribution < 1.29 is 19.0 Å². The molecule has 21 heavy (non-hydrogen) atoms. The molecule has 0 saturated heterocycles. The van der Waals surface area contributed by atoms with E-state index in [1.807, 2.05) is 24.3 Å². The summed E-state index contributed by atoms with van der Waals surface area (Å²) in [5.74, 6) is 0.641. The molecule has 0 aliphatic rings. The number of amides is 1. The molecule has 5 heteroatoms. The minimum absolute atomic E-state index is 0.194. The van der Waals surface area contributed by atoms with Gasteiger partial charge in [-0.1, -0.05) is 19.1 Å². The monoisotopic (exact) mass is 293 g/mol. The lowest BCUT2D eigenvalue weighted by Gasteiger charge is -2.12. The van der Waals surface area contributed by atoms with Crippen LogP contribution in [0.25, 0.3) is 6.08 Å². The first kappa shape index (κ1) is 17.2. The third kappa shape index (κ3) is 6.92. The molecule has 0 atom stereocenters. The lowest BCUT2D eigenvalue weighted by molar-refractivity contribution is -0.123. The average Bonchev–Trinajstić information content (AvgIpc) is 2.53. The molecule has 1 aromatic rings. The summed E-state index contributed by atoms with van der Waals surface area (Å²) in [6, 6.07) is 7.59. The van der Waals surface area contributed by atoms with Crippen LogP contribution in [0.15, 0.2) is 30.3 Å². The van der Waals surface area contributed by atoms with Crippen LogP contribution in [0.4, 0.5) is 0 Å². The van der Waals surface area contributed by atoms with E-state index in [1.165, 1.54) is 20.3 Å². The number of nitrogens with one attached hydrogen (secondary N) is 1. The van der Waals surface area contributed by atoms with Gasteiger partial charge in [0.1, 0.15) is 5.75 Å². The molecule has 5 nitrogen and oxygen atoms in total. The van der Waals surface area contributed by atoms with Crippen molar-refractivity contribution in [3.63, 3.8) is 0 Å². The molecule has 1 amide bonds. The summed E-state index contributed by atoms with van der Waals surface area (Å²) in [4.78, 5) is 11.6. The number of carbonyl (C=O) groups excluding carboxylic acids is 1. The molecule has 0 heterocycles. The first-order valence-electron chi connectivity index (χ1n) is 6.94. The van der Waals surface area contributed by atoms with Gasteiger partial charge in [0, 0.05) is 20.3 Å². The van der Waals surface area contributed by atoms with Gasteiger partial charge in [0.15, 0.2) is 6.29 Å². The normalized spacial score (nSPS) is 11.0. The maximum Gasteiger partial charge on any atom is 0.244 e. The predicted molar refractivity (Wildman–Crippen MR) is 82.1 cm³/mol. The smallest absolute Gasteiger partial charge is 0.244 e. The van der Waals surface area contributed by atoms with Crippen molar-refractivity contribution in [2.24, 2.45) is 0 Å². The van der Waals surface area contributed by atoms with E-state index in [0.29, 0.717) is 13.2 Å². The van der Waals surface area contributed by atoms with Crippen LogP contribution in [-0.2, 0) is 14.3 Å². The zero-order chi connectivity index (χ0) is 15.5. The first-order chi connectivity index (χ1) is 10.2. The topological polar surface area (TPSA) is 56.8 Å². The Balaban J connectivity index is 2.42. The lowest BCUT2D eigenvalue weighted by Crippen LogP contribution is -2.33. The Morgan fingerprint density at radius 1 is 1.24 bits per heavy atom. The van der Waals surface area contributed by atoms with E-state index < -0.39 is 6.29 Å². The Morgan fingerprint density at radius 3 is 2.48 bits per heavy atom. The molecule has 0 aliphatic heterocycles. The zero-order valence-corrected chi connectivity index (χ0v) is 12.8. The number of rotatable bonds is 9. The molecular formula is C16H23NO4. The van der Waals surface area contributed by atoms with Gasteiger partial charge in [0.25, 0.3) is 0 Å². The highest BCUT2D eigenvalue weighted by Crippen LogP contribution is 2.13. The molecule has 0 aromatic heterocycles. The molecule has 0 radical (unpaired) electrons. The van der Waals surface area contributed by atoms with Crippen molar-refractivity contribution in [2.75, 3.05) is 27.4 Å². The van der Waals surface area contributed by atoms with E-state index in [1.54, 1.807) is 6.08 Å². The van der Waals surface area contributed by atoms with Gasteiger partial charge in [0.05, 0.1) is 13.2 Å². The van der Waals surface area contributed by atoms with Crippen molar-refractivity contribution in [1.29, 1.82) is 0 Å². The predicted octanol–water partition coefficient (Wildman–Crippen LogP) is 2.22. The molecule has 0 saturated carbocycles. The molecule has 1 N–H and O–H groups in total. The molecule has 0 aliphatic carbocycles. The van der Waals surface area contributed by atoms with Crippen molar-refractivity contribution in [3.05, 3.63) is 35.9 Å². The molecule has 0 bridgehead atoms. The maximum absolute atomic E-state index is 11.6. The second-order valence-corrected chi connectivity index (χ2v) is 4.40. The van der Waals surface area contributed by atoms with Crippen LogP contribution in [0.3, 0.4) is 0 Å². The van der Waals surface area contributed by atoms with Crippen molar-refractivity contribution in [3.8, 4) is 5.75 Å². The largest absolute Gasteiger partial charge is 0.494 e. The zero-order valence-electron chi connectivity index (χ0n) is 12.8. The Hall–Kier alpha value is -1.85. The number of hydrogen-bond acceptors (Lipinski definition) is 4. The molecule has 0 unspecified atom stereocenters. The molecular weight excluding hydrogens is 270 g/mol. The van der Waals surface area contributed by atoms with Crippen LogP contribution in [-0.4, -0.2) is 39.6 Å². The molecule has 116 valence electrons. The summed E-state index contributed by atoms with van der Waals surface area (Å²) in [7, 11) is 3.05. The van der Waals surface area contributed by atoms with Gasteiger partial charge in [-0.3, -0.25) is 4.79 Å². The second-order valence-electron chi connectivity index (χ2n) is 4.40. The van der Waals surface area contributed by atoms with Gasteiger partial charge < -0.3 is 19.5 Å². The number of benzene rings is 1. The van der Waals surface area contributed by atoms with Crippen LogP contribution in [0.2, 0.25) is 0 Å². The number of carbonyl (C=O) groups is 1. The number of hydrogen-bond donors (Lipinski definition) is 1. The third-order valence-electron chi connectivity index (χ3n) is 2.75. The Labute approximate surface area is 125 Å². The van der Waals surface area contributed by atoms with Crippen LogP contribution >= 0.6 is 0 Å². The van der Waals surface area contributed by atoms with E-state index in [9.17, 15) is 4.79 Å². The van der Waals surface area contributed by atoms with Gasteiger partial charge in [-0.05, 0) is 30.2 Å². The van der Waals surface area contributed by atoms with Gasteiger partial charge >= 0.3 is 0 Å². The van der Waals surface area contributed by atoms with Crippen molar-refractivity contribution in [1.82, 2.24) is 5.32 Å². The minimum atomic E-state index is -0.433. The fourth-order valence-corrected chi connectivity index (χ4v) is 1.57. The summed E-state index contributed by atoms with van der Waals surface area (Å²) in [5.41, 5.74) is 0.934. The average molecular weight is 293 g/mol. The number of methoxy groups -OCH3 is 2. The van der Waals surface area contributed by atoms with E-state index >= 15 is 0 Å². The van der Waals surface area contributed by atoms with E-state index in [-0.39, 0.29) is 5.91 Å². The van der Waals surface area contributed by atoms with Gasteiger partial charge in [0.2, 0.25) is 5.91 Å². The SMILES string of the molecule is CCCOc1ccc(/C=C/C(=O)NCC(OC)OC)cc1. The highest BCUT2D eigenvalue weighted by atomic mass is 16.7. The van der Waals surface area contributed by atoms with Crippen LogP contribution in [0.1, 0.15) is 18.9 Å². The van der Waals surface area contributed by atoms with Crippen molar-refractivity contribution in [2.45, 2.75) is 19.6 Å². The summed E-state index contributed by atoms with van der Waals surface area (Å²) in [5, 5.41) is 2.69. The van der Waals surface area contributed by atoms with Gasteiger partial charge in [-0.25, -0.2) is 0 Å². The highest BCUT2D eigenvalue weighted by Gasteiger charge is 2.05. The molecule has 1 aromatic carbocycles. The quantitative estimate of drug-likeness (QED) is 0.560. The molecule has 0 fully saturated rings. The second kappa shape index (κ2) is 9.96. The minimum Gasteiger partial charge on any atom is -0.494 e. The third-order valence-corrected chi connectivity index (χ3v) is 2.75. The van der Waals surface area contributed by atoms with Crippen LogP contribution in [0.5, 0.6) is 5.75 Å². The standard InChI is InChI=1S/C16H23NO4/c1-4-11-21-14-8-5-13(6-9-14)7-10-15(18)17-12-16(19-2)20-3/h5-10,16H,4,11-12H2,1-3H3,(H,17,18)/b10-7+. The summed E-state index contributed by atoms with van der Waals surface area (Å²) < 4.78 is 15.5. The Bertz CT molecular complexity index is 438. The fourth-order valence-electron chi connectivity index (χ4n) is 1.57. The lowest BCUT2D eigenvalue weighted by atomic mass is 10.2.